The first-order chi connectivity index (χ1) is 14.6. The number of nitrogens with zero attached hydrogens (tertiary/aromatic N) is 3. The lowest BCUT2D eigenvalue weighted by Crippen LogP contribution is -2.14. The van der Waals surface area contributed by atoms with Gasteiger partial charge in [-0.15, -0.1) is 10.2 Å². The smallest absolute Gasteiger partial charge is 0.336 e. The Kier molecular flexibility index (Phi) is 4.78. The number of aryl methyl sites for hydroxylation is 2. The van der Waals surface area contributed by atoms with Gasteiger partial charge in [-0.1, -0.05) is 30.0 Å². The maximum absolute atomic E-state index is 13.9. The van der Waals surface area contributed by atoms with Gasteiger partial charge in [0.15, 0.2) is 5.82 Å². The fraction of sp³-hybridized carbons (Fsp3) is 0.227. The van der Waals surface area contributed by atoms with E-state index in [0.29, 0.717) is 27.9 Å². The molecule has 2 N–H and O–H groups in total. The van der Waals surface area contributed by atoms with E-state index in [0.717, 1.165) is 30.2 Å². The molecule has 1 aliphatic carbocycles. The summed E-state index contributed by atoms with van der Waals surface area (Å²) in [4.78, 5) is 12.1. The second-order valence-electron chi connectivity index (χ2n) is 7.39. The number of fused-ring (bicyclic) bond motifs is 2. The van der Waals surface area contributed by atoms with E-state index in [-0.39, 0.29) is 17.9 Å². The first-order valence-corrected chi connectivity index (χ1v) is 10.7. The molecule has 5 rings (SSSR count). The molecule has 2 aromatic heterocycles. The molecule has 0 unspecified atom stereocenters. The van der Waals surface area contributed by atoms with Gasteiger partial charge in [0, 0.05) is 23.6 Å². The van der Waals surface area contributed by atoms with Crippen molar-refractivity contribution in [3.05, 3.63) is 86.8 Å². The lowest BCUT2D eigenvalue weighted by atomic mass is 10.0. The number of nitrogen functional groups attached to an aromatic ring is 1. The van der Waals surface area contributed by atoms with Gasteiger partial charge in [0.2, 0.25) is 5.16 Å². The van der Waals surface area contributed by atoms with Gasteiger partial charge >= 0.3 is 5.63 Å². The molecule has 2 heterocycles. The van der Waals surface area contributed by atoms with Crippen LogP contribution in [0.4, 0.5) is 4.39 Å². The molecular formula is C22H19FN4O2S. The van der Waals surface area contributed by atoms with E-state index >= 15 is 0 Å². The molecule has 1 aliphatic rings. The summed E-state index contributed by atoms with van der Waals surface area (Å²) in [6.45, 7) is 0. The summed E-state index contributed by atoms with van der Waals surface area (Å²) < 4.78 is 20.7. The van der Waals surface area contributed by atoms with Crippen LogP contribution in [0.2, 0.25) is 0 Å². The molecule has 0 saturated heterocycles. The minimum absolute atomic E-state index is 0.251. The maximum atomic E-state index is 13.9. The topological polar surface area (TPSA) is 86.9 Å². The van der Waals surface area contributed by atoms with Crippen LogP contribution in [0.15, 0.2) is 56.8 Å². The summed E-state index contributed by atoms with van der Waals surface area (Å²) >= 11 is 1.38. The molecule has 4 aromatic rings. The fourth-order valence-electron chi connectivity index (χ4n) is 3.89. The van der Waals surface area contributed by atoms with E-state index < -0.39 is 0 Å². The molecule has 0 saturated carbocycles. The number of thioether (sulfide) groups is 1. The molecule has 152 valence electrons. The van der Waals surface area contributed by atoms with Gasteiger partial charge in [-0.3, -0.25) is 0 Å². The number of nitrogens with two attached hydrogens (primary N) is 1. The van der Waals surface area contributed by atoms with Crippen molar-refractivity contribution >= 4 is 22.7 Å². The molecule has 6 nitrogen and oxygen atoms in total. The Bertz CT molecular complexity index is 1310. The van der Waals surface area contributed by atoms with Crippen molar-refractivity contribution in [1.82, 2.24) is 14.9 Å². The number of aromatic nitrogens is 3. The van der Waals surface area contributed by atoms with Crippen LogP contribution in [0, 0.1) is 5.82 Å². The Morgan fingerprint density at radius 1 is 1.10 bits per heavy atom. The zero-order valence-corrected chi connectivity index (χ0v) is 16.9. The van der Waals surface area contributed by atoms with Crippen LogP contribution < -0.4 is 11.5 Å². The third kappa shape index (κ3) is 3.47. The summed E-state index contributed by atoms with van der Waals surface area (Å²) in [6.07, 6.45) is 3.45. The Morgan fingerprint density at radius 2 is 1.90 bits per heavy atom. The van der Waals surface area contributed by atoms with Crippen molar-refractivity contribution in [1.29, 1.82) is 0 Å². The number of halogens is 1. The molecule has 0 spiro atoms. The van der Waals surface area contributed by atoms with Crippen molar-refractivity contribution in [2.75, 3.05) is 5.84 Å². The van der Waals surface area contributed by atoms with Crippen molar-refractivity contribution in [3.63, 3.8) is 0 Å². The molecule has 8 heteroatoms. The second kappa shape index (κ2) is 7.60. The quantitative estimate of drug-likeness (QED) is 0.300. The molecule has 0 atom stereocenters. The van der Waals surface area contributed by atoms with Crippen molar-refractivity contribution in [3.8, 4) is 0 Å². The Hall–Kier alpha value is -3.13. The van der Waals surface area contributed by atoms with Gasteiger partial charge in [0.25, 0.3) is 0 Å². The minimum Gasteiger partial charge on any atom is -0.423 e. The Labute approximate surface area is 175 Å². The number of benzene rings is 2. The molecule has 0 radical (unpaired) electrons. The summed E-state index contributed by atoms with van der Waals surface area (Å²) in [7, 11) is 0. The lowest BCUT2D eigenvalue weighted by molar-refractivity contribution is 0.559. The standard InChI is InChI=1S/C22H19FN4O2S/c23-18-7-2-1-4-15(18)10-20-25-26-22(27(20)24)30-12-16-11-21(28)29-19-9-14-6-3-5-13(14)8-17(16)19/h1-2,4,7-9,11H,3,5-6,10,12,24H2. The Balaban J connectivity index is 1.40. The van der Waals surface area contributed by atoms with Crippen LogP contribution in [0.1, 0.15) is 34.5 Å². The zero-order valence-electron chi connectivity index (χ0n) is 16.1. The SMILES string of the molecule is Nn1c(Cc2ccccc2F)nnc1SCc1cc(=O)oc2cc3c(cc12)CCC3. The third-order valence-corrected chi connectivity index (χ3v) is 6.43. The first-order valence-electron chi connectivity index (χ1n) is 9.72. The van der Waals surface area contributed by atoms with Crippen molar-refractivity contribution in [2.45, 2.75) is 36.6 Å². The largest absolute Gasteiger partial charge is 0.423 e. The molecular weight excluding hydrogens is 403 g/mol. The van der Waals surface area contributed by atoms with E-state index in [9.17, 15) is 9.18 Å². The number of hydrogen-bond donors (Lipinski definition) is 1. The highest BCUT2D eigenvalue weighted by Crippen LogP contribution is 2.31. The highest BCUT2D eigenvalue weighted by molar-refractivity contribution is 7.98. The van der Waals surface area contributed by atoms with Gasteiger partial charge in [-0.25, -0.2) is 13.9 Å². The molecule has 0 fully saturated rings. The van der Waals surface area contributed by atoms with Crippen LogP contribution >= 0.6 is 11.8 Å². The van der Waals surface area contributed by atoms with Gasteiger partial charge in [-0.05, 0) is 59.7 Å². The maximum Gasteiger partial charge on any atom is 0.336 e. The van der Waals surface area contributed by atoms with Crippen molar-refractivity contribution < 1.29 is 8.81 Å². The first kappa shape index (κ1) is 18.9. The number of hydrogen-bond acceptors (Lipinski definition) is 6. The minimum atomic E-state index is -0.370. The molecule has 30 heavy (non-hydrogen) atoms. The molecule has 0 bridgehead atoms. The Morgan fingerprint density at radius 3 is 2.73 bits per heavy atom. The molecule has 0 amide bonds. The summed E-state index contributed by atoms with van der Waals surface area (Å²) in [5.41, 5.74) is 4.21. The fourth-order valence-corrected chi connectivity index (χ4v) is 4.76. The van der Waals surface area contributed by atoms with Crippen LogP contribution in [0.3, 0.4) is 0 Å². The van der Waals surface area contributed by atoms with Crippen LogP contribution in [0.25, 0.3) is 11.0 Å². The summed E-state index contributed by atoms with van der Waals surface area (Å²) in [5, 5.41) is 9.70. The number of rotatable bonds is 5. The lowest BCUT2D eigenvalue weighted by Gasteiger charge is -2.08. The average Bonchev–Trinajstić information content (AvgIpc) is 3.33. The third-order valence-electron chi connectivity index (χ3n) is 5.44. The van der Waals surface area contributed by atoms with Crippen LogP contribution in [-0.4, -0.2) is 14.9 Å². The predicted octanol–water partition coefficient (Wildman–Crippen LogP) is 3.61. The van der Waals surface area contributed by atoms with Crippen LogP contribution in [-0.2, 0) is 25.0 Å². The summed E-state index contributed by atoms with van der Waals surface area (Å²) in [6, 6.07) is 12.2. The monoisotopic (exact) mass is 422 g/mol. The van der Waals surface area contributed by atoms with Gasteiger partial charge in [0.1, 0.15) is 11.4 Å². The second-order valence-corrected chi connectivity index (χ2v) is 8.33. The van der Waals surface area contributed by atoms with E-state index in [4.69, 9.17) is 10.3 Å². The van der Waals surface area contributed by atoms with Gasteiger partial charge < -0.3 is 10.3 Å². The highest BCUT2D eigenvalue weighted by atomic mass is 32.2. The van der Waals surface area contributed by atoms with E-state index in [2.05, 4.69) is 16.3 Å². The average molecular weight is 422 g/mol. The predicted molar refractivity (Wildman–Crippen MR) is 113 cm³/mol. The van der Waals surface area contributed by atoms with Crippen LogP contribution in [0.5, 0.6) is 0 Å². The zero-order chi connectivity index (χ0) is 20.7. The van der Waals surface area contributed by atoms with Gasteiger partial charge in [0.05, 0.1) is 0 Å². The van der Waals surface area contributed by atoms with E-state index in [1.165, 1.54) is 39.7 Å². The van der Waals surface area contributed by atoms with E-state index in [1.54, 1.807) is 18.2 Å². The summed E-state index contributed by atoms with van der Waals surface area (Å²) in [5.74, 6) is 6.81. The molecule has 0 aliphatic heterocycles. The highest BCUT2D eigenvalue weighted by Gasteiger charge is 2.17. The van der Waals surface area contributed by atoms with Crippen molar-refractivity contribution in [2.24, 2.45) is 0 Å². The molecule has 2 aromatic carbocycles. The van der Waals surface area contributed by atoms with E-state index in [1.807, 2.05) is 6.07 Å². The van der Waals surface area contributed by atoms with Gasteiger partial charge in [-0.2, -0.15) is 0 Å². The normalized spacial score (nSPS) is 13.1.